The van der Waals surface area contributed by atoms with Gasteiger partial charge in [0.25, 0.3) is 25.9 Å². The zero-order valence-electron chi connectivity index (χ0n) is 15.9. The van der Waals surface area contributed by atoms with E-state index in [4.69, 9.17) is 15.4 Å². The quantitative estimate of drug-likeness (QED) is 0.177. The Bertz CT molecular complexity index is 1590. The van der Waals surface area contributed by atoms with Crippen LogP contribution in [0.5, 0.6) is 11.5 Å². The van der Waals surface area contributed by atoms with Gasteiger partial charge in [0, 0.05) is 23.5 Å². The van der Waals surface area contributed by atoms with Gasteiger partial charge in [0.1, 0.15) is 10.6 Å². The van der Waals surface area contributed by atoms with Gasteiger partial charge >= 0.3 is 0 Å². The van der Waals surface area contributed by atoms with Crippen LogP contribution in [0.1, 0.15) is 0 Å². The van der Waals surface area contributed by atoms with Gasteiger partial charge in [-0.15, -0.1) is 10.2 Å². The normalized spacial score (nSPS) is 13.6. The summed E-state index contributed by atoms with van der Waals surface area (Å²) in [5.41, 5.74) is 6.55. The number of non-ortho nitro benzene ring substituents is 1. The van der Waals surface area contributed by atoms with Crippen LogP contribution in [-0.4, -0.2) is 30.9 Å². The molecular formula is C16H11N5O10S2. The first-order chi connectivity index (χ1) is 15.4. The molecule has 0 amide bonds. The van der Waals surface area contributed by atoms with Crippen molar-refractivity contribution in [3.63, 3.8) is 0 Å². The van der Waals surface area contributed by atoms with E-state index in [1.165, 1.54) is 6.07 Å². The lowest BCUT2D eigenvalue weighted by atomic mass is 10.1. The van der Waals surface area contributed by atoms with Crippen LogP contribution < -0.4 is 21.1 Å². The zero-order valence-corrected chi connectivity index (χ0v) is 17.5. The van der Waals surface area contributed by atoms with Gasteiger partial charge in [-0.1, -0.05) is 0 Å². The molecule has 0 unspecified atom stereocenters. The van der Waals surface area contributed by atoms with E-state index < -0.39 is 46.4 Å². The predicted octanol–water partition coefficient (Wildman–Crippen LogP) is 2.43. The van der Waals surface area contributed by atoms with Gasteiger partial charge in [0.05, 0.1) is 15.2 Å². The highest BCUT2D eigenvalue weighted by Crippen LogP contribution is 2.46. The molecule has 5 N–H and O–H groups in total. The van der Waals surface area contributed by atoms with E-state index in [-0.39, 0.29) is 33.6 Å². The first kappa shape index (κ1) is 22.3. The second-order valence-electron chi connectivity index (χ2n) is 6.51. The number of rotatable bonds is 3. The Labute approximate surface area is 184 Å². The monoisotopic (exact) mass is 497 g/mol. The van der Waals surface area contributed by atoms with Crippen LogP contribution in [0, 0.1) is 10.1 Å². The average molecular weight is 497 g/mol. The van der Waals surface area contributed by atoms with Gasteiger partial charge < -0.3 is 15.4 Å². The Kier molecular flexibility index (Phi) is 5.14. The minimum Gasteiger partial charge on any atom is -0.398 e. The fraction of sp³-hybridized carbons (Fsp3) is 0. The molecule has 0 fully saturated rings. The zero-order chi connectivity index (χ0) is 24.1. The number of nitrogens with two attached hydrogens (primary N) is 1. The third-order valence-corrected chi connectivity index (χ3v) is 6.12. The third-order valence-electron chi connectivity index (χ3n) is 4.42. The average Bonchev–Trinajstić information content (AvgIpc) is 2.79. The van der Waals surface area contributed by atoms with Crippen LogP contribution >= 0.6 is 0 Å². The van der Waals surface area contributed by atoms with Crippen LogP contribution in [0.2, 0.25) is 0 Å². The molecule has 0 aliphatic carbocycles. The lowest BCUT2D eigenvalue weighted by Gasteiger charge is -2.15. The number of nitrogens with zero attached hydrogens (tertiary/aromatic N) is 3. The standard InChI is InChI=1S/C16H11N5O10S2/c17-10-6-9(32(24,25)26)3-7-4-13(33(27,28)29)15-16(14(7)10)31-20-30-12-2-1-8(21(22)23)5-11(12)18-19-15/h1-6,20H,17H2,(H,24,25,26)(H,27,28,29). The van der Waals surface area contributed by atoms with Gasteiger partial charge in [-0.3, -0.25) is 19.2 Å². The van der Waals surface area contributed by atoms with Crippen LogP contribution in [-0.2, 0) is 20.2 Å². The Morgan fingerprint density at radius 3 is 2.36 bits per heavy atom. The maximum atomic E-state index is 12.0. The molecule has 0 spiro atoms. The summed E-state index contributed by atoms with van der Waals surface area (Å²) in [4.78, 5) is 19.2. The molecule has 172 valence electrons. The van der Waals surface area contributed by atoms with Crippen LogP contribution in [0.3, 0.4) is 0 Å². The summed E-state index contributed by atoms with van der Waals surface area (Å²) in [5, 5.41) is 18.4. The fourth-order valence-corrected chi connectivity index (χ4v) is 4.22. The summed E-state index contributed by atoms with van der Waals surface area (Å²) < 4.78 is 66.2. The first-order valence-electron chi connectivity index (χ1n) is 8.50. The lowest BCUT2D eigenvalue weighted by molar-refractivity contribution is -0.384. The van der Waals surface area contributed by atoms with Gasteiger partial charge in [0.15, 0.2) is 17.2 Å². The molecular weight excluding hydrogens is 486 g/mol. The van der Waals surface area contributed by atoms with Gasteiger partial charge in [-0.2, -0.15) is 16.8 Å². The lowest BCUT2D eigenvalue weighted by Crippen LogP contribution is -2.23. The molecule has 0 saturated heterocycles. The number of nitrogen functional groups attached to an aromatic ring is 1. The van der Waals surface area contributed by atoms with Crippen LogP contribution in [0.15, 0.2) is 56.4 Å². The Morgan fingerprint density at radius 1 is 1.00 bits per heavy atom. The van der Waals surface area contributed by atoms with E-state index in [9.17, 15) is 36.1 Å². The van der Waals surface area contributed by atoms with E-state index in [1.807, 2.05) is 5.64 Å². The van der Waals surface area contributed by atoms with Crippen LogP contribution in [0.25, 0.3) is 10.8 Å². The first-order valence-corrected chi connectivity index (χ1v) is 11.4. The molecule has 3 aromatic rings. The number of hydrogen-bond acceptors (Lipinski definition) is 12. The minimum atomic E-state index is -5.00. The van der Waals surface area contributed by atoms with E-state index in [0.29, 0.717) is 0 Å². The highest BCUT2D eigenvalue weighted by atomic mass is 32.2. The molecule has 1 heterocycles. The fourth-order valence-electron chi connectivity index (χ4n) is 3.01. The highest BCUT2D eigenvalue weighted by Gasteiger charge is 2.27. The van der Waals surface area contributed by atoms with Gasteiger partial charge in [0.2, 0.25) is 0 Å². The molecule has 0 saturated carbocycles. The second-order valence-corrected chi connectivity index (χ2v) is 9.32. The van der Waals surface area contributed by atoms with Gasteiger partial charge in [-0.25, -0.2) is 0 Å². The Hall–Kier alpha value is -3.90. The molecule has 1 aliphatic rings. The van der Waals surface area contributed by atoms with Crippen molar-refractivity contribution >= 4 is 53.8 Å². The molecule has 15 nitrogen and oxygen atoms in total. The summed E-state index contributed by atoms with van der Waals surface area (Å²) in [6.45, 7) is 0. The Morgan fingerprint density at radius 2 is 1.73 bits per heavy atom. The van der Waals surface area contributed by atoms with Crippen molar-refractivity contribution in [2.75, 3.05) is 5.73 Å². The Balaban J connectivity index is 2.06. The molecule has 4 rings (SSSR count). The number of azo groups is 1. The van der Waals surface area contributed by atoms with Crippen molar-refractivity contribution in [1.29, 1.82) is 0 Å². The van der Waals surface area contributed by atoms with Crippen molar-refractivity contribution in [1.82, 2.24) is 5.64 Å². The molecule has 0 aromatic heterocycles. The van der Waals surface area contributed by atoms with E-state index in [0.717, 1.165) is 30.3 Å². The second kappa shape index (κ2) is 7.60. The number of fused-ring (bicyclic) bond motifs is 4. The number of nitro benzene ring substituents is 1. The largest absolute Gasteiger partial charge is 0.398 e. The molecule has 0 atom stereocenters. The molecule has 0 radical (unpaired) electrons. The van der Waals surface area contributed by atoms with Crippen molar-refractivity contribution < 1.29 is 40.5 Å². The van der Waals surface area contributed by atoms with Crippen molar-refractivity contribution in [3.8, 4) is 11.5 Å². The van der Waals surface area contributed by atoms with Crippen LogP contribution in [0.4, 0.5) is 22.7 Å². The summed E-state index contributed by atoms with van der Waals surface area (Å²) >= 11 is 0. The van der Waals surface area contributed by atoms with E-state index in [1.54, 1.807) is 0 Å². The number of anilines is 1. The molecule has 1 aliphatic heterocycles. The topological polar surface area (TPSA) is 233 Å². The maximum absolute atomic E-state index is 12.0. The minimum absolute atomic E-state index is 0.0724. The van der Waals surface area contributed by atoms with E-state index >= 15 is 0 Å². The summed E-state index contributed by atoms with van der Waals surface area (Å²) in [5.74, 6) is -0.526. The van der Waals surface area contributed by atoms with Crippen molar-refractivity contribution in [2.45, 2.75) is 9.79 Å². The molecule has 33 heavy (non-hydrogen) atoms. The van der Waals surface area contributed by atoms with Crippen molar-refractivity contribution in [3.05, 3.63) is 46.5 Å². The SMILES string of the molecule is Nc1cc(S(=O)(=O)O)cc2cc(S(=O)(=O)O)c3c(c12)ONOc1ccc([N+](=O)[O-])cc1N=N3. The number of nitro groups is 1. The highest BCUT2D eigenvalue weighted by molar-refractivity contribution is 7.86. The predicted molar refractivity (Wildman–Crippen MR) is 110 cm³/mol. The summed E-state index contributed by atoms with van der Waals surface area (Å²) in [6.07, 6.45) is 0. The van der Waals surface area contributed by atoms with Gasteiger partial charge in [-0.05, 0) is 29.7 Å². The molecule has 17 heteroatoms. The molecule has 0 bridgehead atoms. The molecule has 3 aromatic carbocycles. The smallest absolute Gasteiger partial charge is 0.296 e. The van der Waals surface area contributed by atoms with E-state index in [2.05, 4.69) is 10.2 Å². The summed E-state index contributed by atoms with van der Waals surface area (Å²) in [7, 11) is -9.72. The summed E-state index contributed by atoms with van der Waals surface area (Å²) in [6, 6.07) is 5.89. The maximum Gasteiger partial charge on any atom is 0.296 e. The number of benzene rings is 3. The third kappa shape index (κ3) is 4.13. The van der Waals surface area contributed by atoms with Crippen molar-refractivity contribution in [2.24, 2.45) is 10.2 Å². The number of hydrogen-bond donors (Lipinski definition) is 4. The number of nitrogens with one attached hydrogen (secondary N) is 1.